The van der Waals surface area contributed by atoms with Gasteiger partial charge in [-0.1, -0.05) is 12.8 Å². The summed E-state index contributed by atoms with van der Waals surface area (Å²) in [6.45, 7) is 0. The van der Waals surface area contributed by atoms with Gasteiger partial charge in [-0.15, -0.1) is 0 Å². The Morgan fingerprint density at radius 3 is 2.56 bits per heavy atom. The summed E-state index contributed by atoms with van der Waals surface area (Å²) in [5.74, 6) is -0.432. The molecule has 0 radical (unpaired) electrons. The third kappa shape index (κ3) is 4.94. The minimum absolute atomic E-state index is 0.0257. The van der Waals surface area contributed by atoms with Crippen molar-refractivity contribution in [2.45, 2.75) is 44.2 Å². The van der Waals surface area contributed by atoms with E-state index in [2.05, 4.69) is 5.32 Å². The summed E-state index contributed by atoms with van der Waals surface area (Å²) in [6.07, 6.45) is 4.04. The molecule has 0 spiro atoms. The number of carbonyl (C=O) groups is 1. The molecule has 0 bridgehead atoms. The second-order valence-corrected chi connectivity index (χ2v) is 6.67. The lowest BCUT2D eigenvalue weighted by Crippen LogP contribution is -2.45. The highest BCUT2D eigenvalue weighted by Gasteiger charge is 2.24. The van der Waals surface area contributed by atoms with Gasteiger partial charge in [0.15, 0.2) is 0 Å². The van der Waals surface area contributed by atoms with Crippen molar-refractivity contribution in [1.82, 2.24) is 5.32 Å². The molecule has 1 fully saturated rings. The third-order valence-corrected chi connectivity index (χ3v) is 3.72. The van der Waals surface area contributed by atoms with Crippen molar-refractivity contribution >= 4 is 15.7 Å². The molecule has 1 aliphatic rings. The van der Waals surface area contributed by atoms with E-state index in [1.165, 1.54) is 0 Å². The molecule has 16 heavy (non-hydrogen) atoms. The van der Waals surface area contributed by atoms with Gasteiger partial charge < -0.3 is 10.4 Å². The fourth-order valence-electron chi connectivity index (χ4n) is 1.84. The first kappa shape index (κ1) is 13.4. The van der Waals surface area contributed by atoms with E-state index in [0.717, 1.165) is 25.5 Å². The van der Waals surface area contributed by atoms with E-state index < -0.39 is 15.9 Å². The fourth-order valence-corrected chi connectivity index (χ4v) is 2.39. The molecule has 1 saturated carbocycles. The minimum Gasteiger partial charge on any atom is -0.391 e. The molecule has 0 aliphatic heterocycles. The Labute approximate surface area is 96.1 Å². The normalized spacial score (nSPS) is 26.4. The average molecular weight is 249 g/mol. The Kier molecular flexibility index (Phi) is 4.73. The first-order valence-corrected chi connectivity index (χ1v) is 7.60. The van der Waals surface area contributed by atoms with Gasteiger partial charge in [-0.25, -0.2) is 8.42 Å². The van der Waals surface area contributed by atoms with E-state index >= 15 is 0 Å². The van der Waals surface area contributed by atoms with Crippen LogP contribution in [0.2, 0.25) is 0 Å². The number of rotatable bonds is 4. The number of aliphatic hydroxyl groups excluding tert-OH is 1. The molecular formula is C10H19NO4S. The first-order valence-electron chi connectivity index (χ1n) is 5.53. The summed E-state index contributed by atoms with van der Waals surface area (Å²) in [7, 11) is -3.10. The smallest absolute Gasteiger partial charge is 0.221 e. The van der Waals surface area contributed by atoms with Crippen LogP contribution >= 0.6 is 0 Å². The van der Waals surface area contributed by atoms with E-state index in [-0.39, 0.29) is 24.1 Å². The molecule has 1 rings (SSSR count). The van der Waals surface area contributed by atoms with Crippen molar-refractivity contribution in [2.75, 3.05) is 12.0 Å². The van der Waals surface area contributed by atoms with Crippen molar-refractivity contribution in [3.8, 4) is 0 Å². The topological polar surface area (TPSA) is 83.5 Å². The highest BCUT2D eigenvalue weighted by Crippen LogP contribution is 2.18. The van der Waals surface area contributed by atoms with Crippen LogP contribution in [-0.2, 0) is 14.6 Å². The SMILES string of the molecule is CS(=O)(=O)CCC(=O)N[C@H]1CCCC[C@@H]1O. The van der Waals surface area contributed by atoms with Crippen molar-refractivity contribution < 1.29 is 18.3 Å². The molecule has 0 aromatic carbocycles. The number of nitrogens with one attached hydrogen (secondary N) is 1. The van der Waals surface area contributed by atoms with Gasteiger partial charge in [-0.3, -0.25) is 4.79 Å². The van der Waals surface area contributed by atoms with E-state index in [9.17, 15) is 18.3 Å². The molecule has 0 aromatic rings. The van der Waals surface area contributed by atoms with Crippen LogP contribution in [0.3, 0.4) is 0 Å². The van der Waals surface area contributed by atoms with Gasteiger partial charge in [0.25, 0.3) is 0 Å². The molecule has 0 heterocycles. The van der Waals surface area contributed by atoms with Crippen LogP contribution in [-0.4, -0.2) is 43.6 Å². The second kappa shape index (κ2) is 5.63. The highest BCUT2D eigenvalue weighted by atomic mass is 32.2. The largest absolute Gasteiger partial charge is 0.391 e. The Hall–Kier alpha value is -0.620. The van der Waals surface area contributed by atoms with E-state index in [1.807, 2.05) is 0 Å². The summed E-state index contributed by atoms with van der Waals surface area (Å²) in [6, 6.07) is -0.208. The average Bonchev–Trinajstić information content (AvgIpc) is 2.18. The predicted molar refractivity (Wildman–Crippen MR) is 60.7 cm³/mol. The Morgan fingerprint density at radius 2 is 2.00 bits per heavy atom. The predicted octanol–water partition coefficient (Wildman–Crippen LogP) is -0.159. The molecule has 0 aromatic heterocycles. The molecule has 2 N–H and O–H groups in total. The summed E-state index contributed by atoms with van der Waals surface area (Å²) in [5, 5.41) is 12.3. The number of hydrogen-bond acceptors (Lipinski definition) is 4. The van der Waals surface area contributed by atoms with Gasteiger partial charge in [-0.2, -0.15) is 0 Å². The van der Waals surface area contributed by atoms with Crippen LogP contribution in [0.1, 0.15) is 32.1 Å². The zero-order valence-electron chi connectivity index (χ0n) is 9.48. The zero-order chi connectivity index (χ0) is 12.2. The van der Waals surface area contributed by atoms with E-state index in [0.29, 0.717) is 6.42 Å². The molecule has 2 atom stereocenters. The van der Waals surface area contributed by atoms with Crippen LogP contribution in [0.4, 0.5) is 0 Å². The molecule has 0 unspecified atom stereocenters. The Bertz CT molecular complexity index is 339. The Morgan fingerprint density at radius 1 is 1.38 bits per heavy atom. The van der Waals surface area contributed by atoms with Gasteiger partial charge in [0, 0.05) is 12.7 Å². The zero-order valence-corrected chi connectivity index (χ0v) is 10.3. The summed E-state index contributed by atoms with van der Waals surface area (Å²) in [5.41, 5.74) is 0. The maximum Gasteiger partial charge on any atom is 0.221 e. The van der Waals surface area contributed by atoms with Gasteiger partial charge in [-0.05, 0) is 12.8 Å². The number of sulfone groups is 1. The van der Waals surface area contributed by atoms with Gasteiger partial charge in [0.1, 0.15) is 9.84 Å². The Balaban J connectivity index is 2.33. The summed E-state index contributed by atoms with van der Waals surface area (Å²) >= 11 is 0. The van der Waals surface area contributed by atoms with Crippen LogP contribution in [0.25, 0.3) is 0 Å². The molecule has 1 aliphatic carbocycles. The number of hydrogen-bond donors (Lipinski definition) is 2. The third-order valence-electron chi connectivity index (χ3n) is 2.78. The molecule has 6 heteroatoms. The van der Waals surface area contributed by atoms with Crippen molar-refractivity contribution in [1.29, 1.82) is 0 Å². The van der Waals surface area contributed by atoms with Crippen LogP contribution in [0.5, 0.6) is 0 Å². The highest BCUT2D eigenvalue weighted by molar-refractivity contribution is 7.90. The molecule has 5 nitrogen and oxygen atoms in total. The number of carbonyl (C=O) groups excluding carboxylic acids is 1. The lowest BCUT2D eigenvalue weighted by molar-refractivity contribution is -0.122. The summed E-state index contributed by atoms with van der Waals surface area (Å²) in [4.78, 5) is 11.4. The van der Waals surface area contributed by atoms with Gasteiger partial charge >= 0.3 is 0 Å². The van der Waals surface area contributed by atoms with Crippen molar-refractivity contribution in [3.63, 3.8) is 0 Å². The fraction of sp³-hybridized carbons (Fsp3) is 0.900. The van der Waals surface area contributed by atoms with Crippen LogP contribution in [0.15, 0.2) is 0 Å². The molecule has 94 valence electrons. The lowest BCUT2D eigenvalue weighted by Gasteiger charge is -2.28. The second-order valence-electron chi connectivity index (χ2n) is 4.41. The molecular weight excluding hydrogens is 230 g/mol. The van der Waals surface area contributed by atoms with Crippen molar-refractivity contribution in [2.24, 2.45) is 0 Å². The first-order chi connectivity index (χ1) is 7.38. The van der Waals surface area contributed by atoms with Crippen LogP contribution in [0, 0.1) is 0 Å². The monoisotopic (exact) mass is 249 g/mol. The minimum atomic E-state index is -3.10. The molecule has 1 amide bonds. The lowest BCUT2D eigenvalue weighted by atomic mass is 9.92. The molecule has 0 saturated heterocycles. The standard InChI is InChI=1S/C10H19NO4S/c1-16(14,15)7-6-10(13)11-8-4-2-3-5-9(8)12/h8-9,12H,2-7H2,1H3,(H,11,13)/t8-,9-/m0/s1. The maximum atomic E-state index is 11.4. The van der Waals surface area contributed by atoms with Crippen LogP contribution < -0.4 is 5.32 Å². The van der Waals surface area contributed by atoms with E-state index in [1.54, 1.807) is 0 Å². The van der Waals surface area contributed by atoms with E-state index in [4.69, 9.17) is 0 Å². The quantitative estimate of drug-likeness (QED) is 0.725. The number of aliphatic hydroxyl groups is 1. The van der Waals surface area contributed by atoms with Gasteiger partial charge in [0.2, 0.25) is 5.91 Å². The van der Waals surface area contributed by atoms with Gasteiger partial charge in [0.05, 0.1) is 17.9 Å². The maximum absolute atomic E-state index is 11.4. The summed E-state index contributed by atoms with van der Waals surface area (Å²) < 4.78 is 21.7. The van der Waals surface area contributed by atoms with Crippen molar-refractivity contribution in [3.05, 3.63) is 0 Å². The number of amides is 1.